The number of hydrogen-bond donors (Lipinski definition) is 4. The summed E-state index contributed by atoms with van der Waals surface area (Å²) in [6.45, 7) is 1.79. The molecule has 0 bridgehead atoms. The van der Waals surface area contributed by atoms with Gasteiger partial charge >= 0.3 is 0 Å². The van der Waals surface area contributed by atoms with Gasteiger partial charge in [-0.15, -0.1) is 0 Å². The summed E-state index contributed by atoms with van der Waals surface area (Å²) in [7, 11) is 0. The van der Waals surface area contributed by atoms with Crippen LogP contribution in [0.2, 0.25) is 0 Å². The SMILES string of the molecule is Cc1cc(CCC(=O)N(CCO)CCO)ccc1Oc1cc(O)c2c(c1N)C(=O)c1ccccc1C2=O. The minimum Gasteiger partial charge on any atom is -0.507 e. The minimum absolute atomic E-state index is 0.0393. The van der Waals surface area contributed by atoms with E-state index in [1.54, 1.807) is 30.3 Å². The van der Waals surface area contributed by atoms with E-state index >= 15 is 0 Å². The average molecular weight is 505 g/mol. The summed E-state index contributed by atoms with van der Waals surface area (Å²) in [6.07, 6.45) is 0.661. The van der Waals surface area contributed by atoms with Crippen LogP contribution in [-0.2, 0) is 11.2 Å². The Morgan fingerprint density at radius 2 is 1.54 bits per heavy atom. The predicted octanol–water partition coefficient (Wildman–Crippen LogP) is 2.60. The molecule has 0 atom stereocenters. The molecule has 3 aromatic rings. The van der Waals surface area contributed by atoms with Crippen molar-refractivity contribution < 1.29 is 34.4 Å². The molecule has 0 fully saturated rings. The van der Waals surface area contributed by atoms with Gasteiger partial charge in [0.15, 0.2) is 17.3 Å². The number of fused-ring (bicyclic) bond motifs is 2. The van der Waals surface area contributed by atoms with Crippen LogP contribution in [0, 0.1) is 6.92 Å². The molecule has 0 unspecified atom stereocenters. The summed E-state index contributed by atoms with van der Waals surface area (Å²) in [6, 6.07) is 13.0. The van der Waals surface area contributed by atoms with E-state index in [0.29, 0.717) is 12.2 Å². The van der Waals surface area contributed by atoms with Crippen LogP contribution in [0.1, 0.15) is 49.4 Å². The fourth-order valence-corrected chi connectivity index (χ4v) is 4.47. The van der Waals surface area contributed by atoms with Crippen molar-refractivity contribution >= 4 is 23.2 Å². The number of nitrogen functional groups attached to an aromatic ring is 1. The highest BCUT2D eigenvalue weighted by Gasteiger charge is 2.35. The molecule has 0 radical (unpaired) electrons. The maximum Gasteiger partial charge on any atom is 0.223 e. The van der Waals surface area contributed by atoms with Crippen molar-refractivity contribution in [2.45, 2.75) is 19.8 Å². The molecule has 0 saturated heterocycles. The van der Waals surface area contributed by atoms with Gasteiger partial charge < -0.3 is 30.7 Å². The minimum atomic E-state index is -0.479. The van der Waals surface area contributed by atoms with Crippen molar-refractivity contribution in [3.05, 3.63) is 81.9 Å². The Bertz CT molecular complexity index is 1380. The quantitative estimate of drug-likeness (QED) is 0.201. The summed E-state index contributed by atoms with van der Waals surface area (Å²) < 4.78 is 5.96. The zero-order chi connectivity index (χ0) is 26.7. The number of nitrogens with two attached hydrogens (primary N) is 1. The second-order valence-electron chi connectivity index (χ2n) is 8.79. The number of rotatable bonds is 9. The molecule has 0 aliphatic heterocycles. The van der Waals surface area contributed by atoms with E-state index in [1.165, 1.54) is 17.0 Å². The number of nitrogens with zero attached hydrogens (tertiary/aromatic N) is 1. The summed E-state index contributed by atoms with van der Waals surface area (Å²) in [5.41, 5.74) is 8.07. The lowest BCUT2D eigenvalue weighted by Gasteiger charge is -2.22. The first-order valence-corrected chi connectivity index (χ1v) is 11.9. The zero-order valence-corrected chi connectivity index (χ0v) is 20.4. The predicted molar refractivity (Wildman–Crippen MR) is 136 cm³/mol. The lowest BCUT2D eigenvalue weighted by Crippen LogP contribution is -2.35. The summed E-state index contributed by atoms with van der Waals surface area (Å²) in [5, 5.41) is 28.9. The smallest absolute Gasteiger partial charge is 0.223 e. The highest BCUT2D eigenvalue weighted by atomic mass is 16.5. The Morgan fingerprint density at radius 3 is 2.14 bits per heavy atom. The maximum absolute atomic E-state index is 13.1. The molecule has 9 heteroatoms. The second kappa shape index (κ2) is 10.8. The van der Waals surface area contributed by atoms with Gasteiger partial charge in [0, 0.05) is 36.7 Å². The maximum atomic E-state index is 13.1. The van der Waals surface area contributed by atoms with Crippen molar-refractivity contribution in [3.63, 3.8) is 0 Å². The number of aryl methyl sites for hydroxylation is 2. The third-order valence-electron chi connectivity index (χ3n) is 6.36. The van der Waals surface area contributed by atoms with Crippen LogP contribution in [0.15, 0.2) is 48.5 Å². The molecular formula is C28H28N2O7. The standard InChI is InChI=1S/C28H28N2O7/c1-16-14-17(7-9-23(34)30(10-12-31)11-13-32)6-8-21(16)37-22-15-20(33)24-25(26(22)29)28(36)19-5-3-2-4-18(19)27(24)35/h2-6,8,14-15,31-33H,7,9-13,29H2,1H3. The summed E-state index contributed by atoms with van der Waals surface area (Å²) in [5.74, 6) is -1.02. The van der Waals surface area contributed by atoms with Gasteiger partial charge in [-0.3, -0.25) is 14.4 Å². The number of aliphatic hydroxyl groups is 2. The van der Waals surface area contributed by atoms with Crippen LogP contribution >= 0.6 is 0 Å². The van der Waals surface area contributed by atoms with Gasteiger partial charge in [-0.1, -0.05) is 36.4 Å². The Hall–Kier alpha value is -4.21. The van der Waals surface area contributed by atoms with E-state index in [0.717, 1.165) is 11.1 Å². The highest BCUT2D eigenvalue weighted by molar-refractivity contribution is 6.31. The molecule has 37 heavy (non-hydrogen) atoms. The number of aliphatic hydroxyl groups excluding tert-OH is 2. The molecule has 1 amide bonds. The molecule has 9 nitrogen and oxygen atoms in total. The van der Waals surface area contributed by atoms with E-state index in [2.05, 4.69) is 0 Å². The van der Waals surface area contributed by atoms with E-state index in [4.69, 9.17) is 20.7 Å². The normalized spacial score (nSPS) is 12.2. The first-order valence-electron chi connectivity index (χ1n) is 11.9. The fraction of sp³-hybridized carbons (Fsp3) is 0.250. The van der Waals surface area contributed by atoms with E-state index in [1.807, 2.05) is 13.0 Å². The number of carbonyl (C=O) groups excluding carboxylic acids is 3. The lowest BCUT2D eigenvalue weighted by atomic mass is 9.82. The molecule has 1 aliphatic rings. The molecule has 1 aliphatic carbocycles. The first-order chi connectivity index (χ1) is 17.8. The molecular weight excluding hydrogens is 476 g/mol. The van der Waals surface area contributed by atoms with Crippen molar-refractivity contribution in [1.82, 2.24) is 4.90 Å². The number of phenols is 1. The molecule has 0 saturated carbocycles. The van der Waals surface area contributed by atoms with Crippen LogP contribution in [0.5, 0.6) is 17.2 Å². The van der Waals surface area contributed by atoms with E-state index in [-0.39, 0.29) is 72.3 Å². The zero-order valence-electron chi connectivity index (χ0n) is 20.4. The van der Waals surface area contributed by atoms with Gasteiger partial charge in [-0.05, 0) is 30.5 Å². The van der Waals surface area contributed by atoms with E-state index in [9.17, 15) is 19.5 Å². The molecule has 192 valence electrons. The van der Waals surface area contributed by atoms with Gasteiger partial charge in [-0.2, -0.15) is 0 Å². The Labute approximate surface area is 213 Å². The third kappa shape index (κ3) is 5.04. The number of ether oxygens (including phenoxy) is 1. The molecule has 4 rings (SSSR count). The summed E-state index contributed by atoms with van der Waals surface area (Å²) >= 11 is 0. The monoisotopic (exact) mass is 504 g/mol. The van der Waals surface area contributed by atoms with Crippen LogP contribution in [0.4, 0.5) is 5.69 Å². The highest BCUT2D eigenvalue weighted by Crippen LogP contribution is 2.43. The van der Waals surface area contributed by atoms with Gasteiger partial charge in [0.2, 0.25) is 5.91 Å². The van der Waals surface area contributed by atoms with Crippen molar-refractivity contribution in [3.8, 4) is 17.2 Å². The van der Waals surface area contributed by atoms with Crippen LogP contribution in [0.3, 0.4) is 0 Å². The third-order valence-corrected chi connectivity index (χ3v) is 6.36. The van der Waals surface area contributed by atoms with Crippen molar-refractivity contribution in [2.24, 2.45) is 0 Å². The molecule has 0 spiro atoms. The Balaban J connectivity index is 1.55. The number of ketones is 2. The number of aromatic hydroxyl groups is 1. The summed E-state index contributed by atoms with van der Waals surface area (Å²) in [4.78, 5) is 39.9. The molecule has 0 heterocycles. The van der Waals surface area contributed by atoms with Gasteiger partial charge in [0.1, 0.15) is 11.5 Å². The van der Waals surface area contributed by atoms with Crippen LogP contribution in [0.25, 0.3) is 0 Å². The fourth-order valence-electron chi connectivity index (χ4n) is 4.47. The number of phenolic OH excluding ortho intramolecular Hbond substituents is 1. The first kappa shape index (κ1) is 25.9. The molecule has 3 aromatic carbocycles. The molecule has 0 aromatic heterocycles. The number of carbonyl (C=O) groups is 3. The van der Waals surface area contributed by atoms with Crippen LogP contribution in [-0.4, -0.2) is 64.0 Å². The van der Waals surface area contributed by atoms with Gasteiger partial charge in [-0.25, -0.2) is 0 Å². The number of benzene rings is 3. The van der Waals surface area contributed by atoms with Crippen LogP contribution < -0.4 is 10.5 Å². The number of anilines is 1. The van der Waals surface area contributed by atoms with E-state index < -0.39 is 17.3 Å². The largest absolute Gasteiger partial charge is 0.507 e. The van der Waals surface area contributed by atoms with Crippen molar-refractivity contribution in [1.29, 1.82) is 0 Å². The van der Waals surface area contributed by atoms with Gasteiger partial charge in [0.25, 0.3) is 0 Å². The Morgan fingerprint density at radius 1 is 0.919 bits per heavy atom. The second-order valence-corrected chi connectivity index (χ2v) is 8.79. The average Bonchev–Trinajstić information content (AvgIpc) is 2.89. The molecule has 5 N–H and O–H groups in total. The topological polar surface area (TPSA) is 150 Å². The number of amides is 1. The van der Waals surface area contributed by atoms with Gasteiger partial charge in [0.05, 0.1) is 30.0 Å². The lowest BCUT2D eigenvalue weighted by molar-refractivity contribution is -0.132. The van der Waals surface area contributed by atoms with Crippen molar-refractivity contribution in [2.75, 3.05) is 32.0 Å². The Kier molecular flexibility index (Phi) is 7.56. The number of hydrogen-bond acceptors (Lipinski definition) is 8.